The van der Waals surface area contributed by atoms with Gasteiger partial charge in [0.05, 0.1) is 12.6 Å². The second-order valence-electron chi connectivity index (χ2n) is 4.86. The molecule has 1 aliphatic rings. The minimum atomic E-state index is -1.49. The number of aliphatic hydroxyl groups is 1. The minimum absolute atomic E-state index is 0.00681. The van der Waals surface area contributed by atoms with Gasteiger partial charge >= 0.3 is 12.2 Å². The first-order chi connectivity index (χ1) is 7.69. The van der Waals surface area contributed by atoms with Crippen LogP contribution in [-0.4, -0.2) is 51.8 Å². The SMILES string of the molecule is CC(C)(C)OC(=O)N1CC(O)CC1OC(=O)O. The van der Waals surface area contributed by atoms with Gasteiger partial charge in [0.2, 0.25) is 0 Å². The van der Waals surface area contributed by atoms with Crippen molar-refractivity contribution in [2.24, 2.45) is 0 Å². The third-order valence-corrected chi connectivity index (χ3v) is 2.09. The molecule has 1 rings (SSSR count). The van der Waals surface area contributed by atoms with Crippen molar-refractivity contribution in [3.8, 4) is 0 Å². The standard InChI is InChI=1S/C10H17NO6/c1-10(2,3)17-8(13)11-5-6(12)4-7(11)16-9(14)15/h6-7,12H,4-5H2,1-3H3,(H,14,15). The lowest BCUT2D eigenvalue weighted by atomic mass is 10.2. The van der Waals surface area contributed by atoms with E-state index in [1.54, 1.807) is 20.8 Å². The summed E-state index contributed by atoms with van der Waals surface area (Å²) in [5.41, 5.74) is -0.682. The lowest BCUT2D eigenvalue weighted by Crippen LogP contribution is -2.41. The molecule has 0 bridgehead atoms. The van der Waals surface area contributed by atoms with Gasteiger partial charge in [-0.25, -0.2) is 9.59 Å². The van der Waals surface area contributed by atoms with E-state index in [0.717, 1.165) is 4.90 Å². The number of hydrogen-bond donors (Lipinski definition) is 2. The number of ether oxygens (including phenoxy) is 2. The molecule has 1 heterocycles. The molecule has 0 radical (unpaired) electrons. The van der Waals surface area contributed by atoms with Crippen LogP contribution in [0.25, 0.3) is 0 Å². The Hall–Kier alpha value is -1.50. The number of rotatable bonds is 1. The van der Waals surface area contributed by atoms with Crippen molar-refractivity contribution in [2.45, 2.75) is 45.1 Å². The molecule has 0 saturated carbocycles. The van der Waals surface area contributed by atoms with Crippen molar-refractivity contribution >= 4 is 12.2 Å². The summed E-state index contributed by atoms with van der Waals surface area (Å²) in [6.07, 6.45) is -3.91. The number of hydrogen-bond acceptors (Lipinski definition) is 5. The molecule has 0 aliphatic carbocycles. The fraction of sp³-hybridized carbons (Fsp3) is 0.800. The summed E-state index contributed by atoms with van der Waals surface area (Å²) < 4.78 is 9.60. The van der Waals surface area contributed by atoms with E-state index < -0.39 is 30.2 Å². The highest BCUT2D eigenvalue weighted by atomic mass is 16.7. The van der Waals surface area contributed by atoms with Crippen molar-refractivity contribution in [1.29, 1.82) is 0 Å². The fourth-order valence-corrected chi connectivity index (χ4v) is 1.52. The van der Waals surface area contributed by atoms with E-state index in [1.165, 1.54) is 0 Å². The van der Waals surface area contributed by atoms with E-state index in [-0.39, 0.29) is 13.0 Å². The molecule has 1 saturated heterocycles. The summed E-state index contributed by atoms with van der Waals surface area (Å²) in [5.74, 6) is 0. The molecule has 7 heteroatoms. The maximum atomic E-state index is 11.7. The van der Waals surface area contributed by atoms with E-state index in [2.05, 4.69) is 4.74 Å². The summed E-state index contributed by atoms with van der Waals surface area (Å²) in [4.78, 5) is 23.2. The third-order valence-electron chi connectivity index (χ3n) is 2.09. The number of carbonyl (C=O) groups is 2. The molecule has 17 heavy (non-hydrogen) atoms. The van der Waals surface area contributed by atoms with Crippen LogP contribution in [0.4, 0.5) is 9.59 Å². The van der Waals surface area contributed by atoms with Crippen molar-refractivity contribution in [2.75, 3.05) is 6.54 Å². The zero-order valence-electron chi connectivity index (χ0n) is 10.0. The molecule has 1 fully saturated rings. The molecule has 7 nitrogen and oxygen atoms in total. The van der Waals surface area contributed by atoms with Crippen LogP contribution in [0.5, 0.6) is 0 Å². The third kappa shape index (κ3) is 4.10. The Balaban J connectivity index is 2.66. The van der Waals surface area contributed by atoms with Gasteiger partial charge < -0.3 is 19.7 Å². The van der Waals surface area contributed by atoms with Crippen LogP contribution in [0, 0.1) is 0 Å². The Morgan fingerprint density at radius 1 is 1.35 bits per heavy atom. The van der Waals surface area contributed by atoms with Crippen LogP contribution in [-0.2, 0) is 9.47 Å². The van der Waals surface area contributed by atoms with Crippen molar-refractivity contribution in [3.63, 3.8) is 0 Å². The number of likely N-dealkylation sites (tertiary alicyclic amines) is 1. The second-order valence-corrected chi connectivity index (χ2v) is 4.86. The van der Waals surface area contributed by atoms with Gasteiger partial charge in [0, 0.05) is 6.42 Å². The summed E-state index contributed by atoms with van der Waals surface area (Å²) in [7, 11) is 0. The Morgan fingerprint density at radius 3 is 2.41 bits per heavy atom. The molecule has 2 unspecified atom stereocenters. The molecule has 2 atom stereocenters. The molecular weight excluding hydrogens is 230 g/mol. The predicted molar refractivity (Wildman–Crippen MR) is 56.5 cm³/mol. The molecule has 1 aliphatic heterocycles. The highest BCUT2D eigenvalue weighted by molar-refractivity contribution is 5.69. The van der Waals surface area contributed by atoms with E-state index in [1.807, 2.05) is 0 Å². The molecule has 0 aromatic heterocycles. The summed E-state index contributed by atoms with van der Waals surface area (Å²) in [5, 5.41) is 17.9. The minimum Gasteiger partial charge on any atom is -0.450 e. The largest absolute Gasteiger partial charge is 0.507 e. The lowest BCUT2D eigenvalue weighted by Gasteiger charge is -2.27. The second kappa shape index (κ2) is 4.79. The summed E-state index contributed by atoms with van der Waals surface area (Å²) >= 11 is 0. The van der Waals surface area contributed by atoms with E-state index in [0.29, 0.717) is 0 Å². The monoisotopic (exact) mass is 247 g/mol. The van der Waals surface area contributed by atoms with Crippen LogP contribution in [0.3, 0.4) is 0 Å². The van der Waals surface area contributed by atoms with Gasteiger partial charge in [0.25, 0.3) is 0 Å². The van der Waals surface area contributed by atoms with Gasteiger partial charge in [-0.1, -0.05) is 0 Å². The van der Waals surface area contributed by atoms with Crippen LogP contribution in [0.2, 0.25) is 0 Å². The molecule has 0 aromatic carbocycles. The van der Waals surface area contributed by atoms with Crippen LogP contribution < -0.4 is 0 Å². The van der Waals surface area contributed by atoms with E-state index >= 15 is 0 Å². The summed E-state index contributed by atoms with van der Waals surface area (Å²) in [6.45, 7) is 5.10. The number of aliphatic hydroxyl groups excluding tert-OH is 1. The zero-order chi connectivity index (χ0) is 13.2. The van der Waals surface area contributed by atoms with Gasteiger partial charge in [-0.15, -0.1) is 0 Å². The highest BCUT2D eigenvalue weighted by Crippen LogP contribution is 2.22. The Kier molecular flexibility index (Phi) is 3.82. The number of nitrogens with zero attached hydrogens (tertiary/aromatic N) is 1. The summed E-state index contributed by atoms with van der Waals surface area (Å²) in [6, 6.07) is 0. The van der Waals surface area contributed by atoms with Gasteiger partial charge in [-0.05, 0) is 20.8 Å². The maximum absolute atomic E-state index is 11.7. The first-order valence-electron chi connectivity index (χ1n) is 5.26. The topological polar surface area (TPSA) is 96.3 Å². The van der Waals surface area contributed by atoms with Crippen molar-refractivity contribution < 1.29 is 29.3 Å². The van der Waals surface area contributed by atoms with E-state index in [9.17, 15) is 14.7 Å². The van der Waals surface area contributed by atoms with Crippen molar-refractivity contribution in [3.05, 3.63) is 0 Å². The van der Waals surface area contributed by atoms with Crippen LogP contribution in [0.1, 0.15) is 27.2 Å². The highest BCUT2D eigenvalue weighted by Gasteiger charge is 2.39. The first kappa shape index (κ1) is 13.6. The number of β-amino-alcohol motifs (C(OH)–C–C–N with tert-alkyl or cyclic N) is 1. The Labute approximate surface area is 98.9 Å². The fourth-order valence-electron chi connectivity index (χ4n) is 1.52. The molecule has 2 N–H and O–H groups in total. The van der Waals surface area contributed by atoms with Crippen LogP contribution >= 0.6 is 0 Å². The van der Waals surface area contributed by atoms with Gasteiger partial charge in [0.15, 0.2) is 6.23 Å². The van der Waals surface area contributed by atoms with Gasteiger partial charge in [-0.2, -0.15) is 0 Å². The smallest absolute Gasteiger partial charge is 0.450 e. The maximum Gasteiger partial charge on any atom is 0.507 e. The average Bonchev–Trinajstić information content (AvgIpc) is 2.42. The lowest BCUT2D eigenvalue weighted by molar-refractivity contribution is -0.0324. The molecular formula is C10H17NO6. The van der Waals surface area contributed by atoms with Gasteiger partial charge in [0.1, 0.15) is 5.60 Å². The van der Waals surface area contributed by atoms with Gasteiger partial charge in [-0.3, -0.25) is 4.90 Å². The number of carbonyl (C=O) groups excluding carboxylic acids is 1. The predicted octanol–water partition coefficient (Wildman–Crippen LogP) is 1.01. The normalized spacial score (nSPS) is 24.6. The first-order valence-corrected chi connectivity index (χ1v) is 5.26. The Bertz CT molecular complexity index is 310. The average molecular weight is 247 g/mol. The van der Waals surface area contributed by atoms with Crippen LogP contribution in [0.15, 0.2) is 0 Å². The molecule has 0 aromatic rings. The number of carboxylic acid groups (broad SMARTS) is 1. The van der Waals surface area contributed by atoms with E-state index in [4.69, 9.17) is 9.84 Å². The number of amides is 1. The quantitative estimate of drug-likeness (QED) is 0.671. The zero-order valence-corrected chi connectivity index (χ0v) is 10.0. The molecule has 1 amide bonds. The molecule has 98 valence electrons. The Morgan fingerprint density at radius 2 is 1.94 bits per heavy atom. The van der Waals surface area contributed by atoms with Crippen molar-refractivity contribution in [1.82, 2.24) is 4.90 Å². The molecule has 0 spiro atoms.